The number of rotatable bonds is 11. The molecule has 7 nitrogen and oxygen atoms in total. The van der Waals surface area contributed by atoms with Crippen molar-refractivity contribution in [3.05, 3.63) is 23.8 Å². The molecule has 1 aliphatic rings. The van der Waals surface area contributed by atoms with E-state index in [1.54, 1.807) is 12.1 Å². The van der Waals surface area contributed by atoms with Gasteiger partial charge in [-0.3, -0.25) is 4.99 Å². The van der Waals surface area contributed by atoms with E-state index in [2.05, 4.69) is 4.99 Å². The fourth-order valence-electron chi connectivity index (χ4n) is 2.31. The van der Waals surface area contributed by atoms with E-state index >= 15 is 0 Å². The number of carbonyl (C=O) groups is 1. The first kappa shape index (κ1) is 23.3. The molecule has 0 amide bonds. The van der Waals surface area contributed by atoms with Crippen LogP contribution in [-0.4, -0.2) is 71.7 Å². The molecule has 1 heterocycles. The van der Waals surface area contributed by atoms with Crippen LogP contribution in [0.25, 0.3) is 0 Å². The summed E-state index contributed by atoms with van der Waals surface area (Å²) in [4.78, 5) is 15.6. The molecule has 1 aromatic carbocycles. The normalized spacial score (nSPS) is 19.2. The van der Waals surface area contributed by atoms with Crippen molar-refractivity contribution >= 4 is 22.8 Å². The van der Waals surface area contributed by atoms with Crippen molar-refractivity contribution in [2.45, 2.75) is 25.1 Å². The molecule has 0 aliphatic carbocycles. The second-order valence-corrected chi connectivity index (χ2v) is 7.34. The van der Waals surface area contributed by atoms with Crippen LogP contribution in [0.2, 0.25) is 0 Å². The second kappa shape index (κ2) is 10.2. The number of alkyl halides is 3. The first-order valence-electron chi connectivity index (χ1n) is 8.76. The standard InChI is InChI=1S/C18H22F3NO6S/c1-17(16(24)25)11-29-15(22-17)14-12(23)3-2-4-13(14)28-10-9-27-8-7-26-6-5-18(19,20)21/h2-4,23H,5-11H2,1H3,(H,24,25)/t17-/m1/s1. The molecule has 1 atom stereocenters. The SMILES string of the molecule is C[C@]1(C(=O)O)CSC(c2c(O)cccc2OCCOCCOCCC(F)(F)F)=N1. The van der Waals surface area contributed by atoms with E-state index in [0.29, 0.717) is 16.4 Å². The number of nitrogens with zero attached hydrogens (tertiary/aromatic N) is 1. The van der Waals surface area contributed by atoms with Crippen molar-refractivity contribution in [2.24, 2.45) is 4.99 Å². The van der Waals surface area contributed by atoms with Gasteiger partial charge in [0.2, 0.25) is 0 Å². The van der Waals surface area contributed by atoms with Crippen LogP contribution >= 0.6 is 11.8 Å². The van der Waals surface area contributed by atoms with Crippen molar-refractivity contribution < 1.29 is 42.4 Å². The van der Waals surface area contributed by atoms with Crippen LogP contribution in [0.1, 0.15) is 18.9 Å². The number of benzene rings is 1. The first-order valence-corrected chi connectivity index (χ1v) is 9.74. The Morgan fingerprint density at radius 2 is 1.86 bits per heavy atom. The number of aromatic hydroxyl groups is 1. The quantitative estimate of drug-likeness (QED) is 0.514. The van der Waals surface area contributed by atoms with Gasteiger partial charge in [-0.1, -0.05) is 6.07 Å². The number of halogens is 3. The minimum absolute atomic E-state index is 0.0364. The van der Waals surface area contributed by atoms with Gasteiger partial charge in [0.1, 0.15) is 23.1 Å². The number of carboxylic acid groups (broad SMARTS) is 1. The number of phenolic OH excluding ortho intramolecular Hbond substituents is 1. The van der Waals surface area contributed by atoms with Crippen molar-refractivity contribution in [2.75, 3.05) is 38.8 Å². The van der Waals surface area contributed by atoms with Gasteiger partial charge >= 0.3 is 12.1 Å². The zero-order valence-electron chi connectivity index (χ0n) is 15.7. The predicted octanol–water partition coefficient (Wildman–Crippen LogP) is 3.09. The van der Waals surface area contributed by atoms with Crippen LogP contribution in [0.5, 0.6) is 11.5 Å². The zero-order chi connectivity index (χ0) is 21.5. The van der Waals surface area contributed by atoms with Crippen LogP contribution < -0.4 is 4.74 Å². The number of phenols is 1. The van der Waals surface area contributed by atoms with Gasteiger partial charge in [0.15, 0.2) is 5.54 Å². The van der Waals surface area contributed by atoms with Crippen LogP contribution in [0.15, 0.2) is 23.2 Å². The number of carboxylic acids is 1. The summed E-state index contributed by atoms with van der Waals surface area (Å²) in [5.41, 5.74) is -0.952. The zero-order valence-corrected chi connectivity index (χ0v) is 16.5. The van der Waals surface area contributed by atoms with E-state index in [0.717, 1.165) is 0 Å². The number of hydrogen-bond acceptors (Lipinski definition) is 7. The van der Waals surface area contributed by atoms with Crippen molar-refractivity contribution in [1.29, 1.82) is 0 Å². The van der Waals surface area contributed by atoms with Crippen LogP contribution in [-0.2, 0) is 14.3 Å². The van der Waals surface area contributed by atoms with Gasteiger partial charge in [-0.25, -0.2) is 4.79 Å². The molecule has 162 valence electrons. The smallest absolute Gasteiger partial charge is 0.391 e. The summed E-state index contributed by atoms with van der Waals surface area (Å²) in [6.45, 7) is 1.52. The molecule has 2 rings (SSSR count). The summed E-state index contributed by atoms with van der Waals surface area (Å²) >= 11 is 1.22. The lowest BCUT2D eigenvalue weighted by Gasteiger charge is -2.13. The summed E-state index contributed by atoms with van der Waals surface area (Å²) in [5, 5.41) is 19.9. The van der Waals surface area contributed by atoms with E-state index < -0.39 is 30.7 Å². The van der Waals surface area contributed by atoms with E-state index in [1.165, 1.54) is 24.8 Å². The third kappa shape index (κ3) is 7.09. The van der Waals surface area contributed by atoms with Crippen LogP contribution in [0.3, 0.4) is 0 Å². The number of thioether (sulfide) groups is 1. The van der Waals surface area contributed by atoms with E-state index in [9.17, 15) is 28.2 Å². The molecule has 0 fully saturated rings. The Morgan fingerprint density at radius 1 is 1.21 bits per heavy atom. The van der Waals surface area contributed by atoms with Crippen molar-refractivity contribution in [3.63, 3.8) is 0 Å². The predicted molar refractivity (Wildman–Crippen MR) is 101 cm³/mol. The molecule has 0 saturated heterocycles. The maximum absolute atomic E-state index is 12.0. The molecule has 0 spiro atoms. The molecule has 2 N–H and O–H groups in total. The van der Waals surface area contributed by atoms with Gasteiger partial charge in [-0.15, -0.1) is 11.8 Å². The average Bonchev–Trinajstić information content (AvgIpc) is 3.02. The monoisotopic (exact) mass is 437 g/mol. The third-order valence-corrected chi connectivity index (χ3v) is 5.18. The molecular weight excluding hydrogens is 415 g/mol. The van der Waals surface area contributed by atoms with Gasteiger partial charge in [0.25, 0.3) is 0 Å². The highest BCUT2D eigenvalue weighted by molar-refractivity contribution is 8.14. The highest BCUT2D eigenvalue weighted by Gasteiger charge is 2.39. The number of hydrogen-bond donors (Lipinski definition) is 2. The minimum Gasteiger partial charge on any atom is -0.507 e. The van der Waals surface area contributed by atoms with E-state index in [-0.39, 0.29) is 37.9 Å². The molecule has 11 heteroatoms. The maximum Gasteiger partial charge on any atom is 0.391 e. The number of aliphatic imine (C=N–C) groups is 1. The Labute approximate surface area is 169 Å². The van der Waals surface area contributed by atoms with Gasteiger partial charge in [0.05, 0.1) is 38.4 Å². The Kier molecular flexibility index (Phi) is 8.17. The molecule has 29 heavy (non-hydrogen) atoms. The summed E-state index contributed by atoms with van der Waals surface area (Å²) in [7, 11) is 0. The summed E-state index contributed by atoms with van der Waals surface area (Å²) < 4.78 is 51.6. The van der Waals surface area contributed by atoms with Gasteiger partial charge < -0.3 is 24.4 Å². The molecule has 0 aromatic heterocycles. The van der Waals surface area contributed by atoms with Crippen LogP contribution in [0, 0.1) is 0 Å². The highest BCUT2D eigenvalue weighted by Crippen LogP contribution is 2.38. The molecule has 1 aliphatic heterocycles. The highest BCUT2D eigenvalue weighted by atomic mass is 32.2. The lowest BCUT2D eigenvalue weighted by Crippen LogP contribution is -2.33. The van der Waals surface area contributed by atoms with Gasteiger partial charge in [-0.05, 0) is 19.1 Å². The Morgan fingerprint density at radius 3 is 2.48 bits per heavy atom. The molecular formula is C18H22F3NO6S. The molecule has 0 bridgehead atoms. The third-order valence-electron chi connectivity index (χ3n) is 3.90. The minimum atomic E-state index is -4.24. The number of ether oxygens (including phenoxy) is 3. The van der Waals surface area contributed by atoms with E-state index in [4.69, 9.17) is 14.2 Å². The average molecular weight is 437 g/mol. The summed E-state index contributed by atoms with van der Waals surface area (Å²) in [5.74, 6) is -0.565. The van der Waals surface area contributed by atoms with Crippen molar-refractivity contribution in [3.8, 4) is 11.5 Å². The Bertz CT molecular complexity index is 743. The maximum atomic E-state index is 12.0. The fourth-order valence-corrected chi connectivity index (χ4v) is 3.53. The summed E-state index contributed by atoms with van der Waals surface area (Å²) in [6.07, 6.45) is -5.24. The lowest BCUT2D eigenvalue weighted by molar-refractivity contribution is -0.146. The largest absolute Gasteiger partial charge is 0.507 e. The molecule has 0 saturated carbocycles. The fraction of sp³-hybridized carbons (Fsp3) is 0.556. The summed E-state index contributed by atoms with van der Waals surface area (Å²) in [6, 6.07) is 4.66. The lowest BCUT2D eigenvalue weighted by atomic mass is 10.1. The van der Waals surface area contributed by atoms with Crippen LogP contribution in [0.4, 0.5) is 13.2 Å². The molecule has 1 aromatic rings. The molecule has 0 radical (unpaired) electrons. The Balaban J connectivity index is 1.81. The number of aliphatic carboxylic acids is 1. The van der Waals surface area contributed by atoms with Gasteiger partial charge in [-0.2, -0.15) is 13.2 Å². The van der Waals surface area contributed by atoms with Gasteiger partial charge in [0, 0.05) is 5.75 Å². The van der Waals surface area contributed by atoms with Crippen molar-refractivity contribution in [1.82, 2.24) is 0 Å². The molecule has 0 unspecified atom stereocenters. The Hall–Kier alpha value is -1.98. The second-order valence-electron chi connectivity index (χ2n) is 6.37. The topological polar surface area (TPSA) is 97.6 Å². The van der Waals surface area contributed by atoms with E-state index in [1.807, 2.05) is 0 Å². The first-order chi connectivity index (χ1) is 13.6.